The van der Waals surface area contributed by atoms with Crippen LogP contribution < -0.4 is 10.1 Å². The molecule has 228 valence electrons. The molecular weight excluding hydrogens is 542 g/mol. The van der Waals surface area contributed by atoms with Crippen molar-refractivity contribution < 1.29 is 48.1 Å². The molecule has 2 aliphatic rings. The van der Waals surface area contributed by atoms with E-state index in [0.717, 1.165) is 6.42 Å². The third-order valence-electron chi connectivity index (χ3n) is 6.80. The van der Waals surface area contributed by atoms with E-state index in [0.29, 0.717) is 12.8 Å². The van der Waals surface area contributed by atoms with Gasteiger partial charge >= 0.3 is 18.1 Å². The van der Waals surface area contributed by atoms with E-state index in [-0.39, 0.29) is 69.9 Å². The van der Waals surface area contributed by atoms with E-state index in [1.165, 1.54) is 20.7 Å². The first-order chi connectivity index (χ1) is 19.5. The Morgan fingerprint density at radius 3 is 2.24 bits per heavy atom. The number of hydrogen-bond donors (Lipinski definition) is 2. The van der Waals surface area contributed by atoms with E-state index in [2.05, 4.69) is 10.4 Å². The number of esters is 1. The molecule has 3 rings (SSSR count). The largest absolute Gasteiger partial charge is 0.527 e. The Hall–Kier alpha value is -3.88. The smallest absolute Gasteiger partial charge is 0.481 e. The number of nitrogens with one attached hydrogen (secondary N) is 1. The maximum Gasteiger partial charge on any atom is 0.527 e. The molecular formula is C26H39N5O10. The van der Waals surface area contributed by atoms with Gasteiger partial charge < -0.3 is 34.4 Å². The third kappa shape index (κ3) is 8.08. The van der Waals surface area contributed by atoms with Gasteiger partial charge in [0.25, 0.3) is 5.91 Å². The molecule has 41 heavy (non-hydrogen) atoms. The van der Waals surface area contributed by atoms with Gasteiger partial charge in [0.2, 0.25) is 17.4 Å². The highest BCUT2D eigenvalue weighted by Crippen LogP contribution is 2.38. The second-order valence-electron chi connectivity index (χ2n) is 10.1. The summed E-state index contributed by atoms with van der Waals surface area (Å²) in [5, 5.41) is 17.6. The van der Waals surface area contributed by atoms with Crippen molar-refractivity contribution in [1.82, 2.24) is 25.1 Å². The summed E-state index contributed by atoms with van der Waals surface area (Å²) in [5.74, 6) is -2.54. The average Bonchev–Trinajstić information content (AvgIpc) is 3.33. The van der Waals surface area contributed by atoms with Crippen molar-refractivity contribution in [2.45, 2.75) is 77.5 Å². The first-order valence-corrected chi connectivity index (χ1v) is 13.9. The van der Waals surface area contributed by atoms with Crippen molar-refractivity contribution >= 4 is 29.9 Å². The number of carbonyl (C=O) groups is 5. The predicted octanol–water partition coefficient (Wildman–Crippen LogP) is 1.52. The lowest BCUT2D eigenvalue weighted by Gasteiger charge is -2.38. The summed E-state index contributed by atoms with van der Waals surface area (Å²) in [5.41, 5.74) is -1.19. The fourth-order valence-corrected chi connectivity index (χ4v) is 4.47. The standard InChI is InChI=1S/C26H39N5O10/c1-5-38-24(36)26(10-7-11-26)40-20-16-19(28-31(20)17(3)4)22(34)27-18(8-9-21(32)33)23(35)29-12-14-30(15-13-29)41-25(37)39-6-2/h16-18H,5-15H2,1-4H3,(H,27,34)(H,32,33)/t18-/m0/s1. The molecule has 1 saturated heterocycles. The van der Waals surface area contributed by atoms with Crippen molar-refractivity contribution in [3.63, 3.8) is 0 Å². The van der Waals surface area contributed by atoms with Gasteiger partial charge in [0.1, 0.15) is 6.04 Å². The average molecular weight is 582 g/mol. The molecule has 1 aromatic heterocycles. The van der Waals surface area contributed by atoms with E-state index in [1.807, 2.05) is 13.8 Å². The molecule has 0 radical (unpaired) electrons. The zero-order valence-electron chi connectivity index (χ0n) is 23.9. The van der Waals surface area contributed by atoms with E-state index in [9.17, 15) is 29.1 Å². The lowest BCUT2D eigenvalue weighted by Crippen LogP contribution is -2.55. The minimum atomic E-state index is -1.14. The number of carboxylic acids is 1. The molecule has 1 aromatic rings. The van der Waals surface area contributed by atoms with Crippen molar-refractivity contribution in [3.8, 4) is 5.88 Å². The normalized spacial score (nSPS) is 17.2. The molecule has 1 aliphatic heterocycles. The predicted molar refractivity (Wildman–Crippen MR) is 141 cm³/mol. The Kier molecular flexibility index (Phi) is 10.9. The van der Waals surface area contributed by atoms with E-state index in [1.54, 1.807) is 13.8 Å². The lowest BCUT2D eigenvalue weighted by atomic mass is 9.80. The maximum atomic E-state index is 13.3. The van der Waals surface area contributed by atoms with Crippen LogP contribution >= 0.6 is 0 Å². The molecule has 2 N–H and O–H groups in total. The lowest BCUT2D eigenvalue weighted by molar-refractivity contribution is -0.170. The van der Waals surface area contributed by atoms with Crippen LogP contribution in [0.5, 0.6) is 5.88 Å². The number of hydroxylamine groups is 2. The van der Waals surface area contributed by atoms with Gasteiger partial charge in [-0.05, 0) is 53.4 Å². The highest BCUT2D eigenvalue weighted by atomic mass is 16.8. The molecule has 1 saturated carbocycles. The van der Waals surface area contributed by atoms with Crippen molar-refractivity contribution in [2.24, 2.45) is 0 Å². The van der Waals surface area contributed by atoms with Crippen LogP contribution in [0.1, 0.15) is 76.3 Å². The van der Waals surface area contributed by atoms with Gasteiger partial charge in [-0.2, -0.15) is 5.10 Å². The number of aromatic nitrogens is 2. The second-order valence-corrected chi connectivity index (χ2v) is 10.1. The second kappa shape index (κ2) is 14.1. The van der Waals surface area contributed by atoms with Gasteiger partial charge in [0.15, 0.2) is 5.69 Å². The number of amides is 2. The van der Waals surface area contributed by atoms with Crippen LogP contribution in [0.2, 0.25) is 0 Å². The zero-order chi connectivity index (χ0) is 30.2. The van der Waals surface area contributed by atoms with Crippen LogP contribution in [0.3, 0.4) is 0 Å². The number of aliphatic carboxylic acids is 1. The molecule has 15 heteroatoms. The van der Waals surface area contributed by atoms with Crippen LogP contribution in [0.15, 0.2) is 6.07 Å². The molecule has 15 nitrogen and oxygen atoms in total. The van der Waals surface area contributed by atoms with Crippen molar-refractivity contribution in [3.05, 3.63) is 11.8 Å². The van der Waals surface area contributed by atoms with Crippen LogP contribution in [0, 0.1) is 0 Å². The van der Waals surface area contributed by atoms with Gasteiger partial charge in [0, 0.05) is 25.6 Å². The molecule has 2 heterocycles. The first-order valence-electron chi connectivity index (χ1n) is 13.9. The summed E-state index contributed by atoms with van der Waals surface area (Å²) in [6.45, 7) is 8.22. The number of hydrogen-bond acceptors (Lipinski definition) is 11. The topological polar surface area (TPSA) is 179 Å². The Morgan fingerprint density at radius 2 is 1.71 bits per heavy atom. The molecule has 1 aliphatic carbocycles. The van der Waals surface area contributed by atoms with E-state index in [4.69, 9.17) is 19.0 Å². The molecule has 2 fully saturated rings. The number of carboxylic acid groups (broad SMARTS) is 1. The Labute approximate surface area is 238 Å². The van der Waals surface area contributed by atoms with Crippen LogP contribution in [-0.2, 0) is 28.7 Å². The van der Waals surface area contributed by atoms with Gasteiger partial charge in [-0.3, -0.25) is 14.4 Å². The highest BCUT2D eigenvalue weighted by molar-refractivity contribution is 5.96. The number of ether oxygens (including phenoxy) is 3. The van der Waals surface area contributed by atoms with Crippen molar-refractivity contribution in [1.29, 1.82) is 0 Å². The molecule has 0 aromatic carbocycles. The SMILES string of the molecule is CCOC(=O)ON1CCN(C(=O)[C@H](CCC(=O)O)NC(=O)c2cc(OC3(C(=O)OCC)CCC3)n(C(C)C)n2)CC1. The number of nitrogens with zero attached hydrogens (tertiary/aromatic N) is 4. The fourth-order valence-electron chi connectivity index (χ4n) is 4.47. The quantitative estimate of drug-likeness (QED) is 0.321. The minimum Gasteiger partial charge on any atom is -0.481 e. The third-order valence-corrected chi connectivity index (χ3v) is 6.80. The van der Waals surface area contributed by atoms with Gasteiger partial charge in [-0.25, -0.2) is 14.3 Å². The molecule has 1 atom stereocenters. The Balaban J connectivity index is 1.72. The molecule has 2 amide bonds. The van der Waals surface area contributed by atoms with E-state index >= 15 is 0 Å². The van der Waals surface area contributed by atoms with Crippen LogP contribution in [-0.4, -0.2) is 106 Å². The monoisotopic (exact) mass is 581 g/mol. The Morgan fingerprint density at radius 1 is 1.05 bits per heavy atom. The summed E-state index contributed by atoms with van der Waals surface area (Å²) in [6.07, 6.45) is 0.409. The van der Waals surface area contributed by atoms with Gasteiger partial charge in [-0.15, -0.1) is 5.06 Å². The fraction of sp³-hybridized carbons (Fsp3) is 0.692. The minimum absolute atomic E-state index is 0.0483. The summed E-state index contributed by atoms with van der Waals surface area (Å²) in [7, 11) is 0. The summed E-state index contributed by atoms with van der Waals surface area (Å²) in [6, 6.07) is 0.0457. The molecule has 0 bridgehead atoms. The van der Waals surface area contributed by atoms with Gasteiger partial charge in [0.05, 0.1) is 32.3 Å². The summed E-state index contributed by atoms with van der Waals surface area (Å²) >= 11 is 0. The first kappa shape index (κ1) is 31.6. The summed E-state index contributed by atoms with van der Waals surface area (Å²) in [4.78, 5) is 68.6. The maximum absolute atomic E-state index is 13.3. The highest BCUT2D eigenvalue weighted by Gasteiger charge is 2.49. The molecule has 0 unspecified atom stereocenters. The van der Waals surface area contributed by atoms with Crippen molar-refractivity contribution in [2.75, 3.05) is 39.4 Å². The van der Waals surface area contributed by atoms with Crippen LogP contribution in [0.4, 0.5) is 4.79 Å². The molecule has 0 spiro atoms. The van der Waals surface area contributed by atoms with Gasteiger partial charge in [-0.1, -0.05) is 0 Å². The van der Waals surface area contributed by atoms with E-state index < -0.39 is 41.6 Å². The summed E-state index contributed by atoms with van der Waals surface area (Å²) < 4.78 is 17.5. The number of rotatable bonds is 13. The number of carbonyl (C=O) groups excluding carboxylic acids is 4. The van der Waals surface area contributed by atoms with Crippen LogP contribution in [0.25, 0.3) is 0 Å². The zero-order valence-corrected chi connectivity index (χ0v) is 23.9. The Bertz CT molecular complexity index is 1110. The number of piperazine rings is 1.